The molecule has 2 aromatic rings. The summed E-state index contributed by atoms with van der Waals surface area (Å²) < 4.78 is 6.10. The van der Waals surface area contributed by atoms with Crippen LogP contribution in [-0.4, -0.2) is 35.0 Å². The molecule has 192 valence electrons. The summed E-state index contributed by atoms with van der Waals surface area (Å²) in [5.74, 6) is -0.211. The van der Waals surface area contributed by atoms with Gasteiger partial charge in [-0.3, -0.25) is 4.79 Å². The maximum absolute atomic E-state index is 13.3. The molecule has 3 rings (SSSR count). The SMILES string of the molecule is CSCC[C@H](NC(=O)c1ccc(COCc2ccccc2C(C)C)cc1C1CC=CC=C1C)C(=O)O. The third-order valence-corrected chi connectivity index (χ3v) is 7.21. The standard InChI is InChI=1S/C30H37NO4S/c1-20(2)24-11-8-6-10-23(24)19-35-18-22-13-14-26(27(17-22)25-12-7-5-9-21(25)3)29(32)31-28(30(33)34)15-16-36-4/h5-11,13-14,17,20,25,28H,12,15-16,18-19H2,1-4H3,(H,31,32)(H,33,34)/t25?,28-/m0/s1. The average Bonchev–Trinajstić information content (AvgIpc) is 2.86. The van der Waals surface area contributed by atoms with Crippen LogP contribution in [0.1, 0.15) is 78.1 Å². The highest BCUT2D eigenvalue weighted by atomic mass is 32.2. The Balaban J connectivity index is 1.82. The molecule has 2 aromatic carbocycles. The van der Waals surface area contributed by atoms with Crippen molar-refractivity contribution in [1.29, 1.82) is 0 Å². The third kappa shape index (κ3) is 7.34. The fourth-order valence-corrected chi connectivity index (χ4v) is 5.01. The molecule has 1 amide bonds. The van der Waals surface area contributed by atoms with E-state index in [4.69, 9.17) is 4.74 Å². The fourth-order valence-electron chi connectivity index (χ4n) is 4.54. The fraction of sp³-hybridized carbons (Fsp3) is 0.400. The largest absolute Gasteiger partial charge is 0.480 e. The van der Waals surface area contributed by atoms with E-state index in [0.717, 1.165) is 17.5 Å². The van der Waals surface area contributed by atoms with Crippen LogP contribution in [0.4, 0.5) is 0 Å². The normalized spacial score (nSPS) is 16.0. The van der Waals surface area contributed by atoms with Crippen LogP contribution < -0.4 is 5.32 Å². The van der Waals surface area contributed by atoms with E-state index in [0.29, 0.717) is 36.9 Å². The molecular formula is C30H37NO4S. The lowest BCUT2D eigenvalue weighted by Gasteiger charge is -2.24. The predicted octanol–water partition coefficient (Wildman–Crippen LogP) is 6.45. The first-order valence-electron chi connectivity index (χ1n) is 12.5. The van der Waals surface area contributed by atoms with Crippen molar-refractivity contribution in [2.75, 3.05) is 12.0 Å². The third-order valence-electron chi connectivity index (χ3n) is 6.57. The molecule has 1 unspecified atom stereocenters. The second-order valence-corrected chi connectivity index (χ2v) is 10.5. The van der Waals surface area contributed by atoms with Gasteiger partial charge in [0.25, 0.3) is 5.91 Å². The number of carboxylic acid groups (broad SMARTS) is 1. The highest BCUT2D eigenvalue weighted by molar-refractivity contribution is 7.98. The summed E-state index contributed by atoms with van der Waals surface area (Å²) in [5, 5.41) is 12.3. The van der Waals surface area contributed by atoms with Gasteiger partial charge in [0.2, 0.25) is 0 Å². The second kappa shape index (κ2) is 13.5. The first kappa shape index (κ1) is 27.8. The molecular weight excluding hydrogens is 470 g/mol. The predicted molar refractivity (Wildman–Crippen MR) is 148 cm³/mol. The Hall–Kier alpha value is -2.83. The number of allylic oxidation sites excluding steroid dienone is 4. The number of rotatable bonds is 12. The van der Waals surface area contributed by atoms with Crippen molar-refractivity contribution in [3.8, 4) is 0 Å². The Labute approximate surface area is 219 Å². The van der Waals surface area contributed by atoms with Crippen molar-refractivity contribution in [1.82, 2.24) is 5.32 Å². The van der Waals surface area contributed by atoms with Crippen molar-refractivity contribution < 1.29 is 19.4 Å². The Morgan fingerprint density at radius 2 is 1.94 bits per heavy atom. The summed E-state index contributed by atoms with van der Waals surface area (Å²) in [6, 6.07) is 13.2. The van der Waals surface area contributed by atoms with E-state index in [1.807, 2.05) is 36.6 Å². The van der Waals surface area contributed by atoms with Crippen LogP contribution in [-0.2, 0) is 22.7 Å². The van der Waals surface area contributed by atoms with E-state index in [9.17, 15) is 14.7 Å². The van der Waals surface area contributed by atoms with Gasteiger partial charge in [0, 0.05) is 11.5 Å². The van der Waals surface area contributed by atoms with Crippen molar-refractivity contribution in [3.05, 3.63) is 94.1 Å². The van der Waals surface area contributed by atoms with Crippen molar-refractivity contribution in [2.45, 2.75) is 64.7 Å². The van der Waals surface area contributed by atoms with Crippen LogP contribution in [0, 0.1) is 0 Å². The Morgan fingerprint density at radius 3 is 2.64 bits per heavy atom. The molecule has 1 aliphatic rings. The zero-order valence-electron chi connectivity index (χ0n) is 21.6. The van der Waals surface area contributed by atoms with E-state index in [-0.39, 0.29) is 11.8 Å². The van der Waals surface area contributed by atoms with Gasteiger partial charge in [0.15, 0.2) is 0 Å². The molecule has 0 saturated heterocycles. The Bertz CT molecular complexity index is 1120. The van der Waals surface area contributed by atoms with Gasteiger partial charge < -0.3 is 15.2 Å². The lowest BCUT2D eigenvalue weighted by molar-refractivity contribution is -0.139. The van der Waals surface area contributed by atoms with Gasteiger partial charge >= 0.3 is 5.97 Å². The first-order chi connectivity index (χ1) is 17.3. The highest BCUT2D eigenvalue weighted by Crippen LogP contribution is 2.34. The number of amides is 1. The van der Waals surface area contributed by atoms with Gasteiger partial charge in [-0.25, -0.2) is 4.79 Å². The van der Waals surface area contributed by atoms with E-state index >= 15 is 0 Å². The minimum Gasteiger partial charge on any atom is -0.480 e. The smallest absolute Gasteiger partial charge is 0.326 e. The molecule has 0 aliphatic heterocycles. The molecule has 0 heterocycles. The molecule has 0 fully saturated rings. The number of carbonyl (C=O) groups excluding carboxylic acids is 1. The molecule has 2 atom stereocenters. The summed E-state index contributed by atoms with van der Waals surface area (Å²) in [6.07, 6.45) is 9.31. The van der Waals surface area contributed by atoms with E-state index < -0.39 is 12.0 Å². The zero-order chi connectivity index (χ0) is 26.1. The van der Waals surface area contributed by atoms with Gasteiger partial charge in [0.1, 0.15) is 6.04 Å². The molecule has 5 nitrogen and oxygen atoms in total. The van der Waals surface area contributed by atoms with Gasteiger partial charge in [-0.2, -0.15) is 11.8 Å². The van der Waals surface area contributed by atoms with Crippen molar-refractivity contribution >= 4 is 23.6 Å². The van der Waals surface area contributed by atoms with Gasteiger partial charge in [-0.05, 0) is 66.0 Å². The zero-order valence-corrected chi connectivity index (χ0v) is 22.4. The first-order valence-corrected chi connectivity index (χ1v) is 13.9. The number of nitrogens with one attached hydrogen (secondary N) is 1. The quantitative estimate of drug-likeness (QED) is 0.345. The van der Waals surface area contributed by atoms with E-state index in [1.165, 1.54) is 16.7 Å². The molecule has 0 radical (unpaired) electrons. The van der Waals surface area contributed by atoms with Crippen LogP contribution in [0.5, 0.6) is 0 Å². The van der Waals surface area contributed by atoms with Crippen LogP contribution in [0.15, 0.2) is 66.3 Å². The minimum absolute atomic E-state index is 0.0619. The number of carboxylic acids is 1. The Morgan fingerprint density at radius 1 is 1.17 bits per heavy atom. The van der Waals surface area contributed by atoms with Crippen LogP contribution in [0.25, 0.3) is 0 Å². The topological polar surface area (TPSA) is 75.6 Å². The lowest BCUT2D eigenvalue weighted by Crippen LogP contribution is -2.41. The molecule has 2 N–H and O–H groups in total. The van der Waals surface area contributed by atoms with Crippen molar-refractivity contribution in [2.24, 2.45) is 0 Å². The summed E-state index contributed by atoms with van der Waals surface area (Å²) >= 11 is 1.56. The summed E-state index contributed by atoms with van der Waals surface area (Å²) in [5.41, 5.74) is 6.06. The molecule has 1 aliphatic carbocycles. The number of hydrogen-bond acceptors (Lipinski definition) is 4. The maximum atomic E-state index is 13.3. The highest BCUT2D eigenvalue weighted by Gasteiger charge is 2.25. The lowest BCUT2D eigenvalue weighted by atomic mass is 9.83. The summed E-state index contributed by atoms with van der Waals surface area (Å²) in [7, 11) is 0. The number of aliphatic carboxylic acids is 1. The molecule has 0 bridgehead atoms. The molecule has 36 heavy (non-hydrogen) atoms. The molecule has 0 saturated carbocycles. The van der Waals surface area contributed by atoms with E-state index in [1.54, 1.807) is 11.8 Å². The van der Waals surface area contributed by atoms with E-state index in [2.05, 4.69) is 56.4 Å². The van der Waals surface area contributed by atoms with Crippen LogP contribution in [0.2, 0.25) is 0 Å². The Kier molecular flexibility index (Phi) is 10.4. The molecule has 0 spiro atoms. The maximum Gasteiger partial charge on any atom is 0.326 e. The van der Waals surface area contributed by atoms with Gasteiger partial charge in [-0.15, -0.1) is 0 Å². The van der Waals surface area contributed by atoms with Gasteiger partial charge in [-0.1, -0.05) is 74.0 Å². The van der Waals surface area contributed by atoms with Crippen molar-refractivity contribution in [3.63, 3.8) is 0 Å². The second-order valence-electron chi connectivity index (χ2n) is 9.54. The molecule has 6 heteroatoms. The number of ether oxygens (including phenoxy) is 1. The minimum atomic E-state index is -1.01. The number of hydrogen-bond donors (Lipinski definition) is 2. The number of thioether (sulfide) groups is 1. The van der Waals surface area contributed by atoms with Crippen LogP contribution in [0.3, 0.4) is 0 Å². The average molecular weight is 508 g/mol. The molecule has 0 aromatic heterocycles. The summed E-state index contributed by atoms with van der Waals surface area (Å²) in [6.45, 7) is 7.38. The van der Waals surface area contributed by atoms with Gasteiger partial charge in [0.05, 0.1) is 13.2 Å². The summed E-state index contributed by atoms with van der Waals surface area (Å²) in [4.78, 5) is 25.0. The van der Waals surface area contributed by atoms with Crippen LogP contribution >= 0.6 is 11.8 Å². The number of benzene rings is 2. The monoisotopic (exact) mass is 507 g/mol. The number of carbonyl (C=O) groups is 2.